The van der Waals surface area contributed by atoms with E-state index in [0.717, 1.165) is 4.90 Å². The van der Waals surface area contributed by atoms with Gasteiger partial charge in [0.25, 0.3) is 0 Å². The molecule has 6 heteroatoms. The lowest BCUT2D eigenvalue weighted by atomic mass is 10.5. The van der Waals surface area contributed by atoms with Crippen LogP contribution in [-0.2, 0) is 20.4 Å². The van der Waals surface area contributed by atoms with Gasteiger partial charge in [0.05, 0.1) is 16.7 Å². The Morgan fingerprint density at radius 2 is 2.36 bits per heavy atom. The van der Waals surface area contributed by atoms with Gasteiger partial charge in [-0.1, -0.05) is 0 Å². The summed E-state index contributed by atoms with van der Waals surface area (Å²) in [6, 6.07) is 0. The first-order valence-corrected chi connectivity index (χ1v) is 4.43. The van der Waals surface area contributed by atoms with Crippen LogP contribution in [0.25, 0.3) is 0 Å². The number of hydrogen-bond acceptors (Lipinski definition) is 3. The van der Waals surface area contributed by atoms with E-state index in [-0.39, 0.29) is 24.1 Å². The summed E-state index contributed by atoms with van der Waals surface area (Å²) in [4.78, 5) is 22.0. The third-order valence-corrected chi connectivity index (χ3v) is 2.43. The summed E-state index contributed by atoms with van der Waals surface area (Å²) in [5, 5.41) is 8.29. The van der Waals surface area contributed by atoms with E-state index in [1.807, 2.05) is 0 Å². The van der Waals surface area contributed by atoms with E-state index in [9.17, 15) is 13.8 Å². The van der Waals surface area contributed by atoms with Crippen molar-refractivity contribution >= 4 is 22.7 Å². The number of rotatable bonds is 2. The third kappa shape index (κ3) is 2.01. The highest BCUT2D eigenvalue weighted by atomic mass is 32.2. The van der Waals surface area contributed by atoms with Gasteiger partial charge in [0.2, 0.25) is 5.91 Å². The van der Waals surface area contributed by atoms with Crippen LogP contribution in [-0.4, -0.2) is 44.3 Å². The Morgan fingerprint density at radius 1 is 1.73 bits per heavy atom. The Morgan fingerprint density at radius 3 is 2.73 bits per heavy atom. The van der Waals surface area contributed by atoms with Gasteiger partial charge in [0, 0.05) is 0 Å². The van der Waals surface area contributed by atoms with Crippen molar-refractivity contribution in [2.75, 3.05) is 18.2 Å². The zero-order valence-electron chi connectivity index (χ0n) is 5.65. The minimum Gasteiger partial charge on any atom is -0.480 e. The van der Waals surface area contributed by atoms with Gasteiger partial charge in [0.15, 0.2) is 0 Å². The van der Waals surface area contributed by atoms with Gasteiger partial charge in [-0.05, 0) is 0 Å². The molecule has 0 saturated carbocycles. The van der Waals surface area contributed by atoms with Crippen molar-refractivity contribution < 1.29 is 18.9 Å². The molecule has 62 valence electrons. The van der Waals surface area contributed by atoms with Crippen molar-refractivity contribution in [3.8, 4) is 0 Å². The number of carbonyl (C=O) groups excluding carboxylic acids is 1. The first kappa shape index (κ1) is 8.19. The molecule has 0 aromatic rings. The Balaban J connectivity index is 2.53. The van der Waals surface area contributed by atoms with Gasteiger partial charge in [-0.15, -0.1) is 0 Å². The highest BCUT2D eigenvalue weighted by molar-refractivity contribution is 7.86. The van der Waals surface area contributed by atoms with E-state index < -0.39 is 16.8 Å². The van der Waals surface area contributed by atoms with Crippen molar-refractivity contribution in [3.05, 3.63) is 0 Å². The second-order valence-corrected chi connectivity index (χ2v) is 3.63. The van der Waals surface area contributed by atoms with Gasteiger partial charge in [-0.3, -0.25) is 13.8 Å². The van der Waals surface area contributed by atoms with E-state index in [1.165, 1.54) is 0 Å². The minimum atomic E-state index is -1.19. The van der Waals surface area contributed by atoms with Crippen LogP contribution in [0.15, 0.2) is 0 Å². The van der Waals surface area contributed by atoms with Crippen molar-refractivity contribution in [1.29, 1.82) is 0 Å². The van der Waals surface area contributed by atoms with Crippen LogP contribution in [0.1, 0.15) is 0 Å². The number of nitrogens with zero attached hydrogens (tertiary/aromatic N) is 1. The fraction of sp³-hybridized carbons (Fsp3) is 0.600. The molecular formula is C5H7NO4S. The third-order valence-electron chi connectivity index (χ3n) is 1.26. The fourth-order valence-corrected chi connectivity index (χ4v) is 1.95. The highest BCUT2D eigenvalue weighted by Gasteiger charge is 2.27. The van der Waals surface area contributed by atoms with Crippen molar-refractivity contribution in [1.82, 2.24) is 4.90 Å². The van der Waals surface area contributed by atoms with Crippen molar-refractivity contribution in [3.63, 3.8) is 0 Å². The molecule has 1 fully saturated rings. The molecule has 0 bridgehead atoms. The molecule has 1 atom stereocenters. The van der Waals surface area contributed by atoms with Crippen LogP contribution in [0.4, 0.5) is 0 Å². The maximum Gasteiger partial charge on any atom is 0.323 e. The number of hydrogen-bond donors (Lipinski definition) is 1. The lowest BCUT2D eigenvalue weighted by Crippen LogP contribution is -2.31. The van der Waals surface area contributed by atoms with E-state index in [4.69, 9.17) is 5.11 Å². The van der Waals surface area contributed by atoms with Crippen LogP contribution in [0, 0.1) is 0 Å². The number of amides is 1. The highest BCUT2D eigenvalue weighted by Crippen LogP contribution is 2.03. The molecule has 1 aliphatic heterocycles. The lowest BCUT2D eigenvalue weighted by molar-refractivity contribution is -0.142. The Bertz CT molecular complexity index is 227. The smallest absolute Gasteiger partial charge is 0.323 e. The van der Waals surface area contributed by atoms with Crippen molar-refractivity contribution in [2.24, 2.45) is 0 Å². The molecule has 0 aromatic carbocycles. The number of carbonyl (C=O) groups is 2. The molecule has 1 aliphatic rings. The summed E-state index contributed by atoms with van der Waals surface area (Å²) in [7, 11) is -1.19. The zero-order valence-corrected chi connectivity index (χ0v) is 6.47. The molecule has 0 spiro atoms. The molecule has 1 heterocycles. The first-order valence-electron chi connectivity index (χ1n) is 2.94. The average Bonchev–Trinajstić information content (AvgIpc) is 2.09. The molecule has 0 radical (unpaired) electrons. The molecule has 1 unspecified atom stereocenters. The van der Waals surface area contributed by atoms with Gasteiger partial charge < -0.3 is 10.0 Å². The van der Waals surface area contributed by atoms with Crippen LogP contribution in [0.2, 0.25) is 0 Å². The van der Waals surface area contributed by atoms with Gasteiger partial charge in [-0.25, -0.2) is 0 Å². The molecule has 0 aliphatic carbocycles. The molecule has 1 N–H and O–H groups in total. The maximum absolute atomic E-state index is 10.8. The predicted molar refractivity (Wildman–Crippen MR) is 37.2 cm³/mol. The second-order valence-electron chi connectivity index (χ2n) is 2.20. The molecular weight excluding hydrogens is 170 g/mol. The quantitative estimate of drug-likeness (QED) is 0.564. The van der Waals surface area contributed by atoms with Crippen LogP contribution in [0.5, 0.6) is 0 Å². The van der Waals surface area contributed by atoms with Gasteiger partial charge in [0.1, 0.15) is 12.3 Å². The largest absolute Gasteiger partial charge is 0.480 e. The molecule has 0 aromatic heterocycles. The molecule has 1 amide bonds. The van der Waals surface area contributed by atoms with Crippen LogP contribution >= 0.6 is 0 Å². The summed E-state index contributed by atoms with van der Waals surface area (Å²) >= 11 is 0. The van der Waals surface area contributed by atoms with E-state index in [0.29, 0.717) is 0 Å². The lowest BCUT2D eigenvalue weighted by Gasteiger charge is -2.09. The second kappa shape index (κ2) is 3.00. The number of carboxylic acids is 1. The van der Waals surface area contributed by atoms with Crippen LogP contribution in [0.3, 0.4) is 0 Å². The zero-order chi connectivity index (χ0) is 8.43. The normalized spacial score (nSPS) is 24.2. The summed E-state index contributed by atoms with van der Waals surface area (Å²) in [6.07, 6.45) is 0. The SMILES string of the molecule is O=C(O)CN1CS(=O)CC1=O. The summed E-state index contributed by atoms with van der Waals surface area (Å²) in [6.45, 7) is -0.343. The number of carboxylic acid groups (broad SMARTS) is 1. The fourth-order valence-electron chi connectivity index (χ4n) is 0.818. The minimum absolute atomic E-state index is 0.0344. The summed E-state index contributed by atoms with van der Waals surface area (Å²) in [5.41, 5.74) is 0. The Kier molecular flexibility index (Phi) is 2.23. The first-order chi connectivity index (χ1) is 5.09. The van der Waals surface area contributed by atoms with Gasteiger partial charge >= 0.3 is 5.97 Å². The van der Waals surface area contributed by atoms with Crippen LogP contribution < -0.4 is 0 Å². The standard InChI is InChI=1S/C5H7NO4S/c7-4-2-11(10)3-6(4)1-5(8)9/h1-3H2,(H,8,9). The average molecular weight is 177 g/mol. The Labute approximate surface area is 65.4 Å². The summed E-state index contributed by atoms with van der Waals surface area (Å²) in [5.74, 6) is -1.39. The topological polar surface area (TPSA) is 74.7 Å². The van der Waals surface area contributed by atoms with E-state index in [2.05, 4.69) is 0 Å². The van der Waals surface area contributed by atoms with E-state index in [1.54, 1.807) is 0 Å². The number of aliphatic carboxylic acids is 1. The molecule has 11 heavy (non-hydrogen) atoms. The molecule has 1 rings (SSSR count). The molecule has 1 saturated heterocycles. The Hall–Kier alpha value is -0.910. The van der Waals surface area contributed by atoms with Gasteiger partial charge in [-0.2, -0.15) is 0 Å². The van der Waals surface area contributed by atoms with E-state index >= 15 is 0 Å². The monoisotopic (exact) mass is 177 g/mol. The van der Waals surface area contributed by atoms with Crippen molar-refractivity contribution in [2.45, 2.75) is 0 Å². The predicted octanol–water partition coefficient (Wildman–Crippen LogP) is -1.38. The molecule has 5 nitrogen and oxygen atoms in total. The maximum atomic E-state index is 10.8. The summed E-state index contributed by atoms with van der Waals surface area (Å²) < 4.78 is 10.7.